The molecule has 1 amide bonds. The Kier molecular flexibility index (Phi) is 7.43. The minimum atomic E-state index is -4.79. The van der Waals surface area contributed by atoms with E-state index in [1.165, 1.54) is 31.4 Å². The van der Waals surface area contributed by atoms with Crippen LogP contribution in [0, 0.1) is 11.6 Å². The molecule has 4 nitrogen and oxygen atoms in total. The lowest BCUT2D eigenvalue weighted by atomic mass is 9.99. The first kappa shape index (κ1) is 24.3. The Morgan fingerprint density at radius 1 is 1.00 bits per heavy atom. The van der Waals surface area contributed by atoms with Crippen LogP contribution in [0.4, 0.5) is 22.0 Å². The summed E-state index contributed by atoms with van der Waals surface area (Å²) in [6, 6.07) is 12.3. The smallest absolute Gasteiger partial charge is 0.496 e. The van der Waals surface area contributed by atoms with Crippen LogP contribution >= 0.6 is 11.6 Å². The summed E-state index contributed by atoms with van der Waals surface area (Å²) in [5.41, 5.74) is 0.894. The van der Waals surface area contributed by atoms with E-state index in [0.717, 1.165) is 18.2 Å². The fraction of sp³-hybridized carbons (Fsp3) is 0.174. The lowest BCUT2D eigenvalue weighted by Crippen LogP contribution is -2.31. The van der Waals surface area contributed by atoms with Gasteiger partial charge in [-0.05, 0) is 41.5 Å². The summed E-state index contributed by atoms with van der Waals surface area (Å²) in [5, 5.41) is 2.49. The van der Waals surface area contributed by atoms with Gasteiger partial charge in [0.25, 0.3) is 5.91 Å². The van der Waals surface area contributed by atoms with Gasteiger partial charge in [0.2, 0.25) is 0 Å². The van der Waals surface area contributed by atoms with Crippen molar-refractivity contribution >= 4 is 17.5 Å². The maximum Gasteiger partial charge on any atom is 0.573 e. The highest BCUT2D eigenvalue weighted by atomic mass is 35.5. The second-order valence-electron chi connectivity index (χ2n) is 6.81. The number of rotatable bonds is 7. The van der Waals surface area contributed by atoms with Gasteiger partial charge in [-0.25, -0.2) is 8.78 Å². The first-order chi connectivity index (χ1) is 15.6. The van der Waals surface area contributed by atoms with Crippen molar-refractivity contribution in [3.05, 3.63) is 83.4 Å². The van der Waals surface area contributed by atoms with Crippen LogP contribution in [0.3, 0.4) is 0 Å². The van der Waals surface area contributed by atoms with Gasteiger partial charge in [0.05, 0.1) is 13.2 Å². The van der Waals surface area contributed by atoms with Gasteiger partial charge in [-0.15, -0.1) is 24.8 Å². The monoisotopic (exact) mass is 485 g/mol. The minimum Gasteiger partial charge on any atom is -0.496 e. The summed E-state index contributed by atoms with van der Waals surface area (Å²) in [5.74, 6) is -3.19. The van der Waals surface area contributed by atoms with E-state index in [1.807, 2.05) is 0 Å². The van der Waals surface area contributed by atoms with Crippen molar-refractivity contribution < 1.29 is 36.2 Å². The molecule has 3 rings (SSSR count). The van der Waals surface area contributed by atoms with Gasteiger partial charge in [-0.1, -0.05) is 30.3 Å². The van der Waals surface area contributed by atoms with Crippen LogP contribution < -0.4 is 14.8 Å². The van der Waals surface area contributed by atoms with E-state index >= 15 is 0 Å². The highest BCUT2D eigenvalue weighted by Gasteiger charge is 2.31. The Balaban J connectivity index is 1.85. The van der Waals surface area contributed by atoms with Gasteiger partial charge in [0.1, 0.15) is 28.7 Å². The van der Waals surface area contributed by atoms with E-state index in [4.69, 9.17) is 16.3 Å². The molecule has 1 unspecified atom stereocenters. The van der Waals surface area contributed by atoms with Crippen molar-refractivity contribution in [2.24, 2.45) is 0 Å². The number of carbonyl (C=O) groups excluding carboxylic acids is 1. The highest BCUT2D eigenvalue weighted by Crippen LogP contribution is 2.33. The Labute approximate surface area is 190 Å². The zero-order chi connectivity index (χ0) is 24.2. The van der Waals surface area contributed by atoms with Crippen molar-refractivity contribution in [2.45, 2.75) is 12.4 Å². The molecule has 0 saturated heterocycles. The SMILES string of the molecule is COc1cc(-c2ccc(OC(F)(F)F)cc2)ccc1C(CCl)NC(=O)c1c(F)cccc1F. The number of amides is 1. The molecule has 3 aromatic carbocycles. The van der Waals surface area contributed by atoms with Crippen LogP contribution in [-0.4, -0.2) is 25.3 Å². The van der Waals surface area contributed by atoms with Crippen LogP contribution in [0.15, 0.2) is 60.7 Å². The quantitative estimate of drug-likeness (QED) is 0.318. The molecular formula is C23H17ClF5NO3. The summed E-state index contributed by atoms with van der Waals surface area (Å²) in [7, 11) is 1.38. The first-order valence-corrected chi connectivity index (χ1v) is 10.0. The summed E-state index contributed by atoms with van der Waals surface area (Å²) < 4.78 is 74.1. The molecule has 0 aliphatic carbocycles. The molecule has 0 heterocycles. The van der Waals surface area contributed by atoms with Gasteiger partial charge < -0.3 is 14.8 Å². The number of carbonyl (C=O) groups is 1. The molecule has 0 radical (unpaired) electrons. The fourth-order valence-corrected chi connectivity index (χ4v) is 3.42. The normalized spacial score (nSPS) is 12.2. The number of methoxy groups -OCH3 is 1. The zero-order valence-corrected chi connectivity index (χ0v) is 17.8. The summed E-state index contributed by atoms with van der Waals surface area (Å²) in [6.07, 6.45) is -4.79. The maximum absolute atomic E-state index is 13.9. The third-order valence-electron chi connectivity index (χ3n) is 4.68. The number of hydrogen-bond acceptors (Lipinski definition) is 3. The Bertz CT molecular complexity index is 1120. The number of hydrogen-bond donors (Lipinski definition) is 1. The number of halogens is 6. The number of nitrogens with one attached hydrogen (secondary N) is 1. The van der Waals surface area contributed by atoms with Gasteiger partial charge in [-0.2, -0.15) is 0 Å². The third-order valence-corrected chi connectivity index (χ3v) is 4.99. The molecule has 0 saturated carbocycles. The number of benzene rings is 3. The molecule has 0 spiro atoms. The van der Waals surface area contributed by atoms with Crippen molar-refractivity contribution in [3.8, 4) is 22.6 Å². The van der Waals surface area contributed by atoms with E-state index in [-0.39, 0.29) is 11.6 Å². The van der Waals surface area contributed by atoms with Gasteiger partial charge >= 0.3 is 6.36 Å². The standard InChI is InChI=1S/C23H17ClF5NO3/c1-32-20-11-14(13-5-8-15(9-6-13)33-23(27,28)29)7-10-16(20)19(12-24)30-22(31)21-17(25)3-2-4-18(21)26/h2-11,19H,12H2,1H3,(H,30,31). The Morgan fingerprint density at radius 2 is 1.61 bits per heavy atom. The van der Waals surface area contributed by atoms with Crippen molar-refractivity contribution in [1.29, 1.82) is 0 Å². The zero-order valence-electron chi connectivity index (χ0n) is 17.1. The van der Waals surface area contributed by atoms with Gasteiger partial charge in [0.15, 0.2) is 0 Å². The average molecular weight is 486 g/mol. The molecule has 1 N–H and O–H groups in total. The van der Waals surface area contributed by atoms with Gasteiger partial charge in [0, 0.05) is 11.4 Å². The molecule has 10 heteroatoms. The second-order valence-corrected chi connectivity index (χ2v) is 7.11. The van der Waals surface area contributed by atoms with E-state index in [9.17, 15) is 26.7 Å². The molecule has 174 valence electrons. The topological polar surface area (TPSA) is 47.6 Å². The Morgan fingerprint density at radius 3 is 2.15 bits per heavy atom. The first-order valence-electron chi connectivity index (χ1n) is 9.48. The molecule has 3 aromatic rings. The van der Waals surface area contributed by atoms with Crippen LogP contribution in [0.2, 0.25) is 0 Å². The fourth-order valence-electron chi connectivity index (χ4n) is 3.17. The van der Waals surface area contributed by atoms with Gasteiger partial charge in [-0.3, -0.25) is 4.79 Å². The largest absolute Gasteiger partial charge is 0.573 e. The summed E-state index contributed by atoms with van der Waals surface area (Å²) in [4.78, 5) is 12.5. The number of alkyl halides is 4. The van der Waals surface area contributed by atoms with E-state index in [1.54, 1.807) is 18.2 Å². The van der Waals surface area contributed by atoms with E-state index < -0.39 is 35.5 Å². The molecule has 0 fully saturated rings. The minimum absolute atomic E-state index is 0.124. The van der Waals surface area contributed by atoms with Crippen LogP contribution in [-0.2, 0) is 0 Å². The molecule has 0 aliphatic rings. The molecule has 33 heavy (non-hydrogen) atoms. The van der Waals surface area contributed by atoms with Crippen LogP contribution in [0.5, 0.6) is 11.5 Å². The summed E-state index contributed by atoms with van der Waals surface area (Å²) >= 11 is 6.01. The molecule has 0 bridgehead atoms. The van der Waals surface area contributed by atoms with Crippen LogP contribution in [0.25, 0.3) is 11.1 Å². The highest BCUT2D eigenvalue weighted by molar-refractivity contribution is 6.18. The van der Waals surface area contributed by atoms with Crippen molar-refractivity contribution in [1.82, 2.24) is 5.32 Å². The molecule has 0 aliphatic heterocycles. The predicted octanol–water partition coefficient (Wildman–Crippen LogP) is 6.25. The molecular weight excluding hydrogens is 469 g/mol. The number of ether oxygens (including phenoxy) is 2. The maximum atomic E-state index is 13.9. The average Bonchev–Trinajstić information content (AvgIpc) is 2.76. The summed E-state index contributed by atoms with van der Waals surface area (Å²) in [6.45, 7) is 0. The van der Waals surface area contributed by atoms with E-state index in [0.29, 0.717) is 22.4 Å². The lowest BCUT2D eigenvalue weighted by Gasteiger charge is -2.20. The molecule has 0 aromatic heterocycles. The van der Waals surface area contributed by atoms with Crippen molar-refractivity contribution in [2.75, 3.05) is 13.0 Å². The van der Waals surface area contributed by atoms with E-state index in [2.05, 4.69) is 10.1 Å². The molecule has 1 atom stereocenters. The van der Waals surface area contributed by atoms with Crippen molar-refractivity contribution in [3.63, 3.8) is 0 Å². The van der Waals surface area contributed by atoms with Crippen LogP contribution in [0.1, 0.15) is 22.0 Å². The third kappa shape index (κ3) is 5.92. The lowest BCUT2D eigenvalue weighted by molar-refractivity contribution is -0.274. The second kappa shape index (κ2) is 10.1. The predicted molar refractivity (Wildman–Crippen MR) is 112 cm³/mol. The Hall–Kier alpha value is -3.33.